The van der Waals surface area contributed by atoms with E-state index < -0.39 is 0 Å². The third-order valence-corrected chi connectivity index (χ3v) is 3.21. The van der Waals surface area contributed by atoms with Crippen LogP contribution in [0.2, 0.25) is 0 Å². The first-order chi connectivity index (χ1) is 8.75. The third kappa shape index (κ3) is 2.44. The number of nitro groups is 1. The highest BCUT2D eigenvalue weighted by atomic mass is 16.7. The smallest absolute Gasteiger partial charge is 0.165 e. The lowest BCUT2D eigenvalue weighted by atomic mass is 10.1. The molecule has 6 heteroatoms. The molecule has 2 fully saturated rings. The maximum absolute atomic E-state index is 11.3. The molecule has 3 unspecified atom stereocenters. The molecule has 0 aliphatic carbocycles. The van der Waals surface area contributed by atoms with Crippen molar-refractivity contribution < 1.29 is 14.5 Å². The fourth-order valence-corrected chi connectivity index (χ4v) is 2.15. The maximum atomic E-state index is 11.3. The van der Waals surface area contributed by atoms with Gasteiger partial charge in [0.1, 0.15) is 17.8 Å². The molecule has 96 valence electrons. The average Bonchev–Trinajstić information content (AvgIpc) is 3.23. The van der Waals surface area contributed by atoms with Gasteiger partial charge >= 0.3 is 0 Å². The molecule has 2 aliphatic heterocycles. The van der Waals surface area contributed by atoms with Crippen molar-refractivity contribution in [3.05, 3.63) is 40.4 Å². The molecule has 3 atom stereocenters. The molecule has 0 spiro atoms. The van der Waals surface area contributed by atoms with E-state index in [1.54, 1.807) is 24.3 Å². The number of hydrogen-bond donors (Lipinski definition) is 0. The summed E-state index contributed by atoms with van der Waals surface area (Å²) in [6.07, 6.45) is 0.728. The summed E-state index contributed by atoms with van der Waals surface area (Å²) in [5.74, 6) is 0. The van der Waals surface area contributed by atoms with Crippen LogP contribution >= 0.6 is 0 Å². The van der Waals surface area contributed by atoms with E-state index in [-0.39, 0.29) is 23.3 Å². The van der Waals surface area contributed by atoms with Gasteiger partial charge in [0, 0.05) is 6.42 Å². The van der Waals surface area contributed by atoms with Crippen LogP contribution in [0.3, 0.4) is 0 Å². The van der Waals surface area contributed by atoms with Gasteiger partial charge in [0.25, 0.3) is 0 Å². The van der Waals surface area contributed by atoms with Gasteiger partial charge in [0.05, 0.1) is 19.3 Å². The van der Waals surface area contributed by atoms with E-state index in [4.69, 9.17) is 9.47 Å². The quantitative estimate of drug-likeness (QED) is 0.431. The van der Waals surface area contributed by atoms with Crippen molar-refractivity contribution in [3.63, 3.8) is 0 Å². The number of hydrazine groups is 1. The second kappa shape index (κ2) is 4.55. The van der Waals surface area contributed by atoms with Gasteiger partial charge in [-0.1, -0.05) is 23.2 Å². The highest BCUT2D eigenvalue weighted by molar-refractivity contribution is 5.44. The van der Waals surface area contributed by atoms with Gasteiger partial charge in [0.2, 0.25) is 0 Å². The number of benzene rings is 1. The Morgan fingerprint density at radius 3 is 2.50 bits per heavy atom. The highest BCUT2D eigenvalue weighted by Crippen LogP contribution is 2.30. The minimum absolute atomic E-state index is 0.0557. The Labute approximate surface area is 104 Å². The zero-order chi connectivity index (χ0) is 12.5. The Morgan fingerprint density at radius 1 is 1.33 bits per heavy atom. The molecule has 18 heavy (non-hydrogen) atoms. The van der Waals surface area contributed by atoms with Crippen molar-refractivity contribution in [2.75, 3.05) is 18.2 Å². The zero-order valence-electron chi connectivity index (χ0n) is 9.77. The van der Waals surface area contributed by atoms with Crippen molar-refractivity contribution in [3.8, 4) is 0 Å². The SMILES string of the molecule is O=[N+]([O-])N(c1ccccc1)C(CC1CO1)C1CO1. The summed E-state index contributed by atoms with van der Waals surface area (Å²) in [4.78, 5) is 11.3. The van der Waals surface area contributed by atoms with Crippen molar-refractivity contribution in [2.45, 2.75) is 24.7 Å². The molecule has 1 aromatic carbocycles. The fraction of sp³-hybridized carbons (Fsp3) is 0.500. The monoisotopic (exact) mass is 250 g/mol. The number of para-hydroxylation sites is 1. The van der Waals surface area contributed by atoms with Crippen molar-refractivity contribution in [2.24, 2.45) is 0 Å². The Hall–Kier alpha value is -1.66. The van der Waals surface area contributed by atoms with Crippen LogP contribution in [-0.4, -0.2) is 36.5 Å². The number of nitrogens with zero attached hydrogens (tertiary/aromatic N) is 2. The number of ether oxygens (including phenoxy) is 2. The van der Waals surface area contributed by atoms with Crippen molar-refractivity contribution in [1.82, 2.24) is 0 Å². The van der Waals surface area contributed by atoms with Crippen LogP contribution in [0.15, 0.2) is 30.3 Å². The van der Waals surface area contributed by atoms with Gasteiger partial charge in [-0.25, -0.2) is 10.1 Å². The van der Waals surface area contributed by atoms with Crippen molar-refractivity contribution in [1.29, 1.82) is 0 Å². The Balaban J connectivity index is 1.84. The van der Waals surface area contributed by atoms with E-state index in [1.807, 2.05) is 6.07 Å². The van der Waals surface area contributed by atoms with E-state index in [1.165, 1.54) is 5.01 Å². The number of hydrogen-bond acceptors (Lipinski definition) is 4. The maximum Gasteiger partial charge on any atom is 0.165 e. The van der Waals surface area contributed by atoms with Crippen LogP contribution in [0.25, 0.3) is 0 Å². The van der Waals surface area contributed by atoms with Crippen LogP contribution in [0.5, 0.6) is 0 Å². The first-order valence-corrected chi connectivity index (χ1v) is 5.97. The average molecular weight is 250 g/mol. The summed E-state index contributed by atoms with van der Waals surface area (Å²) in [6, 6.07) is 8.66. The first kappa shape index (κ1) is 11.4. The molecule has 0 amide bonds. The lowest BCUT2D eigenvalue weighted by Crippen LogP contribution is -2.44. The van der Waals surface area contributed by atoms with Crippen LogP contribution in [-0.2, 0) is 9.47 Å². The molecule has 0 aromatic heterocycles. The molecule has 0 N–H and O–H groups in total. The van der Waals surface area contributed by atoms with E-state index in [0.717, 1.165) is 0 Å². The van der Waals surface area contributed by atoms with E-state index in [9.17, 15) is 10.1 Å². The molecule has 2 heterocycles. The van der Waals surface area contributed by atoms with Gasteiger partial charge in [-0.2, -0.15) is 0 Å². The molecular weight excluding hydrogens is 236 g/mol. The van der Waals surface area contributed by atoms with E-state index >= 15 is 0 Å². The predicted molar refractivity (Wildman–Crippen MR) is 63.8 cm³/mol. The van der Waals surface area contributed by atoms with Gasteiger partial charge in [0.15, 0.2) is 5.03 Å². The lowest BCUT2D eigenvalue weighted by Gasteiger charge is -2.22. The summed E-state index contributed by atoms with van der Waals surface area (Å²) >= 11 is 0. The van der Waals surface area contributed by atoms with Crippen molar-refractivity contribution >= 4 is 5.69 Å². The normalized spacial score (nSPS) is 26.4. The molecule has 2 saturated heterocycles. The molecule has 0 bridgehead atoms. The summed E-state index contributed by atoms with van der Waals surface area (Å²) in [6.45, 7) is 1.29. The summed E-state index contributed by atoms with van der Waals surface area (Å²) < 4.78 is 10.4. The fourth-order valence-electron chi connectivity index (χ4n) is 2.15. The molecule has 0 saturated carbocycles. The van der Waals surface area contributed by atoms with E-state index in [0.29, 0.717) is 25.3 Å². The molecule has 3 rings (SSSR count). The number of rotatable bonds is 6. The molecule has 6 nitrogen and oxygen atoms in total. The third-order valence-electron chi connectivity index (χ3n) is 3.21. The number of epoxide rings is 2. The molecule has 2 aliphatic rings. The summed E-state index contributed by atoms with van der Waals surface area (Å²) in [5, 5.41) is 12.2. The molecular formula is C12H14N2O4. The van der Waals surface area contributed by atoms with Crippen LogP contribution in [0, 0.1) is 10.1 Å². The van der Waals surface area contributed by atoms with Crippen LogP contribution < -0.4 is 5.01 Å². The van der Waals surface area contributed by atoms with Gasteiger partial charge in [-0.05, 0) is 12.1 Å². The summed E-state index contributed by atoms with van der Waals surface area (Å²) in [5.41, 5.74) is 0.587. The second-order valence-electron chi connectivity index (χ2n) is 4.55. The van der Waals surface area contributed by atoms with Gasteiger partial charge < -0.3 is 9.47 Å². The first-order valence-electron chi connectivity index (χ1n) is 5.97. The second-order valence-corrected chi connectivity index (χ2v) is 4.55. The van der Waals surface area contributed by atoms with Gasteiger partial charge in [-0.3, -0.25) is 0 Å². The number of anilines is 1. The Bertz CT molecular complexity index is 431. The lowest BCUT2D eigenvalue weighted by molar-refractivity contribution is -0.501. The predicted octanol–water partition coefficient (Wildman–Crippen LogP) is 1.24. The minimum Gasteiger partial charge on any atom is -0.373 e. The summed E-state index contributed by atoms with van der Waals surface area (Å²) in [7, 11) is 0. The van der Waals surface area contributed by atoms with Gasteiger partial charge in [-0.15, -0.1) is 0 Å². The zero-order valence-corrected chi connectivity index (χ0v) is 9.77. The highest BCUT2D eigenvalue weighted by Gasteiger charge is 2.45. The Morgan fingerprint density at radius 2 is 2.00 bits per heavy atom. The molecule has 1 aromatic rings. The van der Waals surface area contributed by atoms with Crippen LogP contribution in [0.4, 0.5) is 5.69 Å². The Kier molecular flexibility index (Phi) is 2.89. The van der Waals surface area contributed by atoms with E-state index in [2.05, 4.69) is 0 Å². The largest absolute Gasteiger partial charge is 0.373 e. The standard InChI is InChI=1S/C12H14N2O4/c15-14(16)13(9-4-2-1-3-5-9)11(12-8-18-12)6-10-7-17-10/h1-5,10-12H,6-8H2. The topological polar surface area (TPSA) is 71.4 Å². The minimum atomic E-state index is -0.357. The van der Waals surface area contributed by atoms with Crippen LogP contribution in [0.1, 0.15) is 6.42 Å². The molecule has 0 radical (unpaired) electrons.